The minimum atomic E-state index is -1.58. The number of unbranched alkanes of at least 4 members (excludes halogenated alkanes) is 29. The van der Waals surface area contributed by atoms with Gasteiger partial charge in [-0.05, 0) is 83.5 Å². The van der Waals surface area contributed by atoms with Gasteiger partial charge in [0.05, 0.1) is 32.0 Å². The lowest BCUT2D eigenvalue weighted by Crippen LogP contribution is -2.60. The molecule has 1 fully saturated rings. The van der Waals surface area contributed by atoms with Gasteiger partial charge in [-0.1, -0.05) is 185 Å². The highest BCUT2D eigenvalue weighted by atomic mass is 16.7. The zero-order chi connectivity index (χ0) is 48.8. The van der Waals surface area contributed by atoms with Crippen molar-refractivity contribution in [1.29, 1.82) is 0 Å². The predicted octanol–water partition coefficient (Wildman–Crippen LogP) is 11.9. The van der Waals surface area contributed by atoms with E-state index in [1.54, 1.807) is 6.08 Å². The molecule has 1 saturated heterocycles. The van der Waals surface area contributed by atoms with Crippen molar-refractivity contribution in [2.45, 2.75) is 288 Å². The third kappa shape index (κ3) is 36.5. The molecule has 11 nitrogen and oxygen atoms in total. The van der Waals surface area contributed by atoms with E-state index < -0.39 is 49.5 Å². The van der Waals surface area contributed by atoms with Gasteiger partial charge in [0.25, 0.3) is 0 Å². The van der Waals surface area contributed by atoms with Gasteiger partial charge in [-0.2, -0.15) is 0 Å². The summed E-state index contributed by atoms with van der Waals surface area (Å²) in [4.78, 5) is 25.1. The number of aliphatic hydroxyl groups excluding tert-OH is 5. The molecular formula is C56H103NO10. The second-order valence-corrected chi connectivity index (χ2v) is 19.3. The molecule has 0 aromatic rings. The number of rotatable bonds is 47. The summed E-state index contributed by atoms with van der Waals surface area (Å²) in [5, 5.41) is 54.1. The number of amides is 1. The second kappa shape index (κ2) is 46.3. The van der Waals surface area contributed by atoms with Crippen molar-refractivity contribution in [3.05, 3.63) is 36.5 Å². The summed E-state index contributed by atoms with van der Waals surface area (Å²) in [6, 6.07) is -0.829. The minimum absolute atomic E-state index is 0.0389. The van der Waals surface area contributed by atoms with E-state index in [-0.39, 0.29) is 18.5 Å². The van der Waals surface area contributed by atoms with Gasteiger partial charge in [-0.15, -0.1) is 0 Å². The van der Waals surface area contributed by atoms with E-state index in [9.17, 15) is 35.1 Å². The monoisotopic (exact) mass is 950 g/mol. The van der Waals surface area contributed by atoms with Crippen molar-refractivity contribution in [2.75, 3.05) is 19.8 Å². The first kappa shape index (κ1) is 62.9. The third-order valence-electron chi connectivity index (χ3n) is 13.0. The van der Waals surface area contributed by atoms with Crippen LogP contribution in [0.25, 0.3) is 0 Å². The number of esters is 1. The maximum atomic E-state index is 13.0. The fourth-order valence-electron chi connectivity index (χ4n) is 8.48. The number of carbonyl (C=O) groups excluding carboxylic acids is 2. The van der Waals surface area contributed by atoms with Crippen LogP contribution in [0, 0.1) is 0 Å². The summed E-state index contributed by atoms with van der Waals surface area (Å²) < 4.78 is 16.6. The summed E-state index contributed by atoms with van der Waals surface area (Å²) >= 11 is 0. The fourth-order valence-corrected chi connectivity index (χ4v) is 8.48. The number of carbonyl (C=O) groups is 2. The lowest BCUT2D eigenvalue weighted by Gasteiger charge is -2.40. The van der Waals surface area contributed by atoms with Crippen LogP contribution in [-0.4, -0.2) is 100 Å². The largest absolute Gasteiger partial charge is 0.466 e. The molecular weight excluding hydrogens is 847 g/mol. The molecule has 1 amide bonds. The lowest BCUT2D eigenvalue weighted by molar-refractivity contribution is -0.302. The molecule has 11 heteroatoms. The van der Waals surface area contributed by atoms with Crippen LogP contribution in [0.1, 0.15) is 245 Å². The number of hydrogen-bond acceptors (Lipinski definition) is 10. The highest BCUT2D eigenvalue weighted by Gasteiger charge is 2.44. The van der Waals surface area contributed by atoms with E-state index >= 15 is 0 Å². The second-order valence-electron chi connectivity index (χ2n) is 19.3. The Balaban J connectivity index is 2.10. The van der Waals surface area contributed by atoms with Crippen LogP contribution in [0.5, 0.6) is 0 Å². The van der Waals surface area contributed by atoms with E-state index in [0.29, 0.717) is 25.9 Å². The minimum Gasteiger partial charge on any atom is -0.466 e. The first-order valence-electron chi connectivity index (χ1n) is 27.8. The quantitative estimate of drug-likeness (QED) is 0.0196. The van der Waals surface area contributed by atoms with Crippen molar-refractivity contribution in [3.63, 3.8) is 0 Å². The van der Waals surface area contributed by atoms with Crippen LogP contribution in [0.3, 0.4) is 0 Å². The Labute approximate surface area is 409 Å². The summed E-state index contributed by atoms with van der Waals surface area (Å²) in [7, 11) is 0. The Hall–Kier alpha value is -2.12. The first-order valence-corrected chi connectivity index (χ1v) is 27.8. The Morgan fingerprint density at radius 3 is 1.45 bits per heavy atom. The summed E-state index contributed by atoms with van der Waals surface area (Å²) in [5.74, 6) is -0.254. The molecule has 392 valence electrons. The Morgan fingerprint density at radius 2 is 0.955 bits per heavy atom. The van der Waals surface area contributed by atoms with Crippen LogP contribution in [0.4, 0.5) is 0 Å². The maximum Gasteiger partial charge on any atom is 0.305 e. The van der Waals surface area contributed by atoms with Gasteiger partial charge in [0.1, 0.15) is 24.4 Å². The number of ether oxygens (including phenoxy) is 3. The van der Waals surface area contributed by atoms with Crippen LogP contribution in [0.2, 0.25) is 0 Å². The molecule has 0 spiro atoms. The van der Waals surface area contributed by atoms with E-state index in [0.717, 1.165) is 70.6 Å². The molecule has 1 aliphatic heterocycles. The van der Waals surface area contributed by atoms with Crippen LogP contribution in [-0.2, 0) is 23.8 Å². The van der Waals surface area contributed by atoms with E-state index in [1.807, 2.05) is 6.08 Å². The molecule has 7 unspecified atom stereocenters. The molecule has 0 aromatic heterocycles. The highest BCUT2D eigenvalue weighted by Crippen LogP contribution is 2.23. The van der Waals surface area contributed by atoms with E-state index in [1.165, 1.54) is 141 Å². The van der Waals surface area contributed by atoms with E-state index in [4.69, 9.17) is 14.2 Å². The molecule has 0 aromatic carbocycles. The number of aliphatic hydroxyl groups is 5. The fraction of sp³-hybridized carbons (Fsp3) is 0.857. The molecule has 0 bridgehead atoms. The van der Waals surface area contributed by atoms with Crippen LogP contribution in [0.15, 0.2) is 36.5 Å². The average molecular weight is 950 g/mol. The Bertz CT molecular complexity index is 1210. The van der Waals surface area contributed by atoms with Crippen molar-refractivity contribution in [1.82, 2.24) is 5.32 Å². The zero-order valence-corrected chi connectivity index (χ0v) is 42.9. The molecule has 6 N–H and O–H groups in total. The molecule has 0 aliphatic carbocycles. The van der Waals surface area contributed by atoms with Crippen molar-refractivity contribution < 1.29 is 49.3 Å². The molecule has 1 heterocycles. The predicted molar refractivity (Wildman–Crippen MR) is 274 cm³/mol. The van der Waals surface area contributed by atoms with Gasteiger partial charge in [0, 0.05) is 12.8 Å². The van der Waals surface area contributed by atoms with Crippen LogP contribution < -0.4 is 5.32 Å². The first-order chi connectivity index (χ1) is 32.7. The molecule has 1 aliphatic rings. The van der Waals surface area contributed by atoms with E-state index in [2.05, 4.69) is 43.5 Å². The summed E-state index contributed by atoms with van der Waals surface area (Å²) in [6.45, 7) is 4.23. The SMILES string of the molecule is CCCCCCCC/C=C\CCCCCCCCCC(=O)OCCCCCCCC/C=C\CCCCCC(=O)NC(COC1OC(CO)C(O)C(O)C1O)C(O)/C=C/CCCCCCCCC. The Kier molecular flexibility index (Phi) is 43.4. The number of nitrogens with one attached hydrogen (secondary N) is 1. The smallest absolute Gasteiger partial charge is 0.305 e. The molecule has 67 heavy (non-hydrogen) atoms. The maximum absolute atomic E-state index is 13.0. The standard InChI is InChI=1S/C56H103NO10/c1-3-5-7-9-11-13-14-15-16-17-18-21-24-28-32-36-40-44-52(61)65-45-41-37-33-29-25-22-19-20-23-27-31-35-39-43-51(60)57-48(49(59)42-38-34-30-26-12-10-8-6-4-2)47-66-56-55(64)54(63)53(62)50(46-58)67-56/h15-16,20,23,38,42,48-50,53-56,58-59,62-64H,3-14,17-19,21-22,24-37,39-41,43-47H2,1-2H3,(H,57,60)/b16-15-,23-20-,42-38+. The van der Waals surface area contributed by atoms with Gasteiger partial charge in [-0.3, -0.25) is 9.59 Å². The third-order valence-corrected chi connectivity index (χ3v) is 13.0. The number of allylic oxidation sites excluding steroid dienone is 5. The zero-order valence-electron chi connectivity index (χ0n) is 42.9. The molecule has 1 rings (SSSR count). The van der Waals surface area contributed by atoms with Gasteiger partial charge >= 0.3 is 5.97 Å². The molecule has 7 atom stereocenters. The topological polar surface area (TPSA) is 175 Å². The lowest BCUT2D eigenvalue weighted by atomic mass is 9.99. The molecule has 0 saturated carbocycles. The van der Waals surface area contributed by atoms with Gasteiger partial charge in [0.15, 0.2) is 6.29 Å². The van der Waals surface area contributed by atoms with Gasteiger partial charge < -0.3 is 45.1 Å². The summed E-state index contributed by atoms with van der Waals surface area (Å²) in [5.41, 5.74) is 0. The Morgan fingerprint density at radius 1 is 0.537 bits per heavy atom. The van der Waals surface area contributed by atoms with Gasteiger partial charge in [0.2, 0.25) is 5.91 Å². The van der Waals surface area contributed by atoms with Gasteiger partial charge in [-0.25, -0.2) is 0 Å². The summed E-state index contributed by atoms with van der Waals surface area (Å²) in [6.07, 6.45) is 45.2. The molecule has 0 radical (unpaired) electrons. The van der Waals surface area contributed by atoms with Crippen molar-refractivity contribution in [2.24, 2.45) is 0 Å². The normalized spacial score (nSPS) is 19.8. The number of hydrogen-bond donors (Lipinski definition) is 6. The van der Waals surface area contributed by atoms with Crippen molar-refractivity contribution in [3.8, 4) is 0 Å². The average Bonchev–Trinajstić information content (AvgIpc) is 3.32. The van der Waals surface area contributed by atoms with Crippen molar-refractivity contribution >= 4 is 11.9 Å². The highest BCUT2D eigenvalue weighted by molar-refractivity contribution is 5.76. The van der Waals surface area contributed by atoms with Crippen LogP contribution >= 0.6 is 0 Å².